The van der Waals surface area contributed by atoms with Crippen LogP contribution < -0.4 is 0 Å². The van der Waals surface area contributed by atoms with Crippen molar-refractivity contribution in [2.75, 3.05) is 0 Å². The third kappa shape index (κ3) is 2.52. The summed E-state index contributed by atoms with van der Waals surface area (Å²) >= 11 is 0. The highest BCUT2D eigenvalue weighted by Gasteiger charge is 2.52. The van der Waals surface area contributed by atoms with Gasteiger partial charge in [0.2, 0.25) is 0 Å². The lowest BCUT2D eigenvalue weighted by molar-refractivity contribution is 0.151. The topological polar surface area (TPSA) is 0 Å². The minimum atomic E-state index is 0.609. The SMILES string of the molecule is CCCCC(C)(C)C1(CCCC)CC1. The number of rotatable bonds is 7. The largest absolute Gasteiger partial charge is 0.0654 e. The molecule has 0 heteroatoms. The molecule has 0 N–H and O–H groups in total. The zero-order chi connectivity index (χ0) is 10.7. The van der Waals surface area contributed by atoms with Crippen LogP contribution in [0, 0.1) is 10.8 Å². The Morgan fingerprint density at radius 3 is 2.00 bits per heavy atom. The summed E-state index contributed by atoms with van der Waals surface area (Å²) in [7, 11) is 0. The summed E-state index contributed by atoms with van der Waals surface area (Å²) in [5.41, 5.74) is 1.36. The summed E-state index contributed by atoms with van der Waals surface area (Å²) in [4.78, 5) is 0. The molecule has 1 saturated carbocycles. The molecule has 0 spiro atoms. The van der Waals surface area contributed by atoms with Gasteiger partial charge in [0.15, 0.2) is 0 Å². The van der Waals surface area contributed by atoms with Crippen molar-refractivity contribution in [2.24, 2.45) is 10.8 Å². The van der Waals surface area contributed by atoms with Crippen LogP contribution in [-0.4, -0.2) is 0 Å². The molecule has 1 aliphatic rings. The Hall–Kier alpha value is 0. The second-order valence-corrected chi connectivity index (χ2v) is 5.87. The molecule has 1 fully saturated rings. The van der Waals surface area contributed by atoms with Crippen LogP contribution in [0.15, 0.2) is 0 Å². The molecule has 0 aromatic carbocycles. The van der Waals surface area contributed by atoms with Crippen molar-refractivity contribution < 1.29 is 0 Å². The normalized spacial score (nSPS) is 19.7. The van der Waals surface area contributed by atoms with Crippen LogP contribution in [0.25, 0.3) is 0 Å². The van der Waals surface area contributed by atoms with E-state index in [1.807, 2.05) is 0 Å². The first-order valence-corrected chi connectivity index (χ1v) is 6.58. The molecular weight excluding hydrogens is 168 g/mol. The van der Waals surface area contributed by atoms with Crippen molar-refractivity contribution in [3.05, 3.63) is 0 Å². The smallest absolute Gasteiger partial charge is 0.0246 e. The van der Waals surface area contributed by atoms with E-state index in [1.54, 1.807) is 0 Å². The van der Waals surface area contributed by atoms with Gasteiger partial charge in [0.05, 0.1) is 0 Å². The first-order chi connectivity index (χ1) is 6.58. The van der Waals surface area contributed by atoms with Gasteiger partial charge in [0, 0.05) is 0 Å². The fourth-order valence-electron chi connectivity index (χ4n) is 2.82. The Morgan fingerprint density at radius 1 is 1.00 bits per heavy atom. The van der Waals surface area contributed by atoms with E-state index in [9.17, 15) is 0 Å². The molecule has 0 aromatic rings. The van der Waals surface area contributed by atoms with Gasteiger partial charge in [-0.3, -0.25) is 0 Å². The highest BCUT2D eigenvalue weighted by atomic mass is 14.6. The lowest BCUT2D eigenvalue weighted by Crippen LogP contribution is -2.25. The van der Waals surface area contributed by atoms with Gasteiger partial charge in [-0.05, 0) is 36.5 Å². The molecule has 0 aromatic heterocycles. The quantitative estimate of drug-likeness (QED) is 0.527. The highest BCUT2D eigenvalue weighted by molar-refractivity contribution is 5.02. The maximum Gasteiger partial charge on any atom is -0.0246 e. The van der Waals surface area contributed by atoms with Crippen LogP contribution >= 0.6 is 0 Å². The van der Waals surface area contributed by atoms with Crippen molar-refractivity contribution >= 4 is 0 Å². The standard InChI is InChI=1S/C14H28/c1-5-7-9-13(3,4)14(11-12-14)10-8-6-2/h5-12H2,1-4H3. The van der Waals surface area contributed by atoms with Crippen LogP contribution in [0.1, 0.15) is 79.1 Å². The van der Waals surface area contributed by atoms with E-state index in [2.05, 4.69) is 27.7 Å². The zero-order valence-electron chi connectivity index (χ0n) is 10.7. The van der Waals surface area contributed by atoms with Crippen LogP contribution in [0.4, 0.5) is 0 Å². The van der Waals surface area contributed by atoms with E-state index in [0.717, 1.165) is 5.41 Å². The predicted octanol–water partition coefficient (Wildman–Crippen LogP) is 5.17. The molecule has 0 radical (unpaired) electrons. The molecule has 0 heterocycles. The summed E-state index contributed by atoms with van der Waals surface area (Å²) in [5.74, 6) is 0. The van der Waals surface area contributed by atoms with E-state index < -0.39 is 0 Å². The van der Waals surface area contributed by atoms with Crippen molar-refractivity contribution in [3.8, 4) is 0 Å². The Balaban J connectivity index is 2.43. The summed E-state index contributed by atoms with van der Waals surface area (Å²) in [6.45, 7) is 9.63. The monoisotopic (exact) mass is 196 g/mol. The average molecular weight is 196 g/mol. The van der Waals surface area contributed by atoms with Gasteiger partial charge < -0.3 is 0 Å². The molecule has 1 aliphatic carbocycles. The van der Waals surface area contributed by atoms with Crippen molar-refractivity contribution in [2.45, 2.75) is 79.1 Å². The van der Waals surface area contributed by atoms with Gasteiger partial charge in [0.25, 0.3) is 0 Å². The Morgan fingerprint density at radius 2 is 1.57 bits per heavy atom. The van der Waals surface area contributed by atoms with Crippen LogP contribution in [-0.2, 0) is 0 Å². The van der Waals surface area contributed by atoms with Crippen LogP contribution in [0.3, 0.4) is 0 Å². The second kappa shape index (κ2) is 4.68. The van der Waals surface area contributed by atoms with Gasteiger partial charge in [-0.1, -0.05) is 53.4 Å². The van der Waals surface area contributed by atoms with E-state index in [1.165, 1.54) is 51.4 Å². The summed E-state index contributed by atoms with van der Waals surface area (Å²) in [6, 6.07) is 0. The molecule has 14 heavy (non-hydrogen) atoms. The summed E-state index contributed by atoms with van der Waals surface area (Å²) in [6.07, 6.45) is 11.5. The molecule has 0 nitrogen and oxygen atoms in total. The lowest BCUT2D eigenvalue weighted by atomic mass is 9.70. The molecule has 0 saturated heterocycles. The molecule has 0 amide bonds. The summed E-state index contributed by atoms with van der Waals surface area (Å²) in [5, 5.41) is 0. The summed E-state index contributed by atoms with van der Waals surface area (Å²) < 4.78 is 0. The number of hydrogen-bond donors (Lipinski definition) is 0. The maximum absolute atomic E-state index is 2.51. The van der Waals surface area contributed by atoms with E-state index >= 15 is 0 Å². The highest BCUT2D eigenvalue weighted by Crippen LogP contribution is 2.63. The zero-order valence-corrected chi connectivity index (χ0v) is 10.7. The van der Waals surface area contributed by atoms with Gasteiger partial charge in [-0.2, -0.15) is 0 Å². The van der Waals surface area contributed by atoms with Crippen LogP contribution in [0.2, 0.25) is 0 Å². The van der Waals surface area contributed by atoms with Crippen LogP contribution in [0.5, 0.6) is 0 Å². The lowest BCUT2D eigenvalue weighted by Gasteiger charge is -2.35. The van der Waals surface area contributed by atoms with Gasteiger partial charge in [-0.15, -0.1) is 0 Å². The third-order valence-electron chi connectivity index (χ3n) is 4.45. The number of hydrogen-bond acceptors (Lipinski definition) is 0. The first kappa shape index (κ1) is 12.1. The van der Waals surface area contributed by atoms with Gasteiger partial charge in [-0.25, -0.2) is 0 Å². The third-order valence-corrected chi connectivity index (χ3v) is 4.45. The van der Waals surface area contributed by atoms with Gasteiger partial charge in [0.1, 0.15) is 0 Å². The minimum absolute atomic E-state index is 0.609. The maximum atomic E-state index is 2.51. The average Bonchev–Trinajstić information content (AvgIpc) is 2.93. The van der Waals surface area contributed by atoms with E-state index in [4.69, 9.17) is 0 Å². The van der Waals surface area contributed by atoms with E-state index in [0.29, 0.717) is 5.41 Å². The Kier molecular flexibility index (Phi) is 4.04. The fraction of sp³-hybridized carbons (Fsp3) is 1.00. The molecule has 1 rings (SSSR count). The molecule has 0 atom stereocenters. The first-order valence-electron chi connectivity index (χ1n) is 6.58. The fourth-order valence-corrected chi connectivity index (χ4v) is 2.82. The van der Waals surface area contributed by atoms with Crippen molar-refractivity contribution in [3.63, 3.8) is 0 Å². The Bertz CT molecular complexity index is 155. The van der Waals surface area contributed by atoms with Crippen molar-refractivity contribution in [1.29, 1.82) is 0 Å². The molecule has 0 aliphatic heterocycles. The number of unbranched alkanes of at least 4 members (excludes halogenated alkanes) is 2. The molecular formula is C14H28. The minimum Gasteiger partial charge on any atom is -0.0654 e. The second-order valence-electron chi connectivity index (χ2n) is 5.87. The Labute approximate surface area is 90.5 Å². The predicted molar refractivity (Wildman–Crippen MR) is 64.5 cm³/mol. The van der Waals surface area contributed by atoms with Gasteiger partial charge >= 0.3 is 0 Å². The molecule has 0 unspecified atom stereocenters. The molecule has 0 bridgehead atoms. The van der Waals surface area contributed by atoms with Crippen molar-refractivity contribution in [1.82, 2.24) is 0 Å². The molecule has 84 valence electrons. The van der Waals surface area contributed by atoms with E-state index in [-0.39, 0.29) is 0 Å².